The van der Waals surface area contributed by atoms with Crippen LogP contribution in [0.25, 0.3) is 0 Å². The van der Waals surface area contributed by atoms with Gasteiger partial charge in [-0.3, -0.25) is 0 Å². The average molecular weight is 316 g/mol. The minimum atomic E-state index is -0.185. The van der Waals surface area contributed by atoms with Gasteiger partial charge in [0.15, 0.2) is 0 Å². The molecule has 1 aromatic carbocycles. The molecule has 0 spiro atoms. The largest absolute Gasteiger partial charge is 0.309 e. The Balaban J connectivity index is 2.42. The Morgan fingerprint density at radius 2 is 2.35 bits per heavy atom. The first-order chi connectivity index (χ1) is 8.15. The van der Waals surface area contributed by atoms with Gasteiger partial charge in [0.1, 0.15) is 5.82 Å². The third-order valence-electron chi connectivity index (χ3n) is 2.31. The highest BCUT2D eigenvalue weighted by Gasteiger charge is 2.09. The second-order valence-corrected chi connectivity index (χ2v) is 5.62. The summed E-state index contributed by atoms with van der Waals surface area (Å²) in [4.78, 5) is 0. The molecule has 0 aliphatic heterocycles. The lowest BCUT2D eigenvalue weighted by Gasteiger charge is -2.14. The zero-order valence-corrected chi connectivity index (χ0v) is 12.1. The van der Waals surface area contributed by atoms with Crippen LogP contribution < -0.4 is 5.32 Å². The minimum Gasteiger partial charge on any atom is -0.309 e. The lowest BCUT2D eigenvalue weighted by Crippen LogP contribution is -2.22. The van der Waals surface area contributed by atoms with Crippen LogP contribution in [0.3, 0.4) is 0 Å². The number of halogens is 2. The Morgan fingerprint density at radius 3 is 3.00 bits per heavy atom. The summed E-state index contributed by atoms with van der Waals surface area (Å²) < 4.78 is 14.4. The summed E-state index contributed by atoms with van der Waals surface area (Å²) in [6.07, 6.45) is 5.15. The van der Waals surface area contributed by atoms with E-state index in [-0.39, 0.29) is 11.9 Å². The lowest BCUT2D eigenvalue weighted by molar-refractivity contribution is 0.542. The Labute approximate surface area is 115 Å². The number of terminal acetylenes is 1. The topological polar surface area (TPSA) is 12.0 Å². The minimum absolute atomic E-state index is 0.00883. The van der Waals surface area contributed by atoms with Crippen LogP contribution in [0.2, 0.25) is 0 Å². The van der Waals surface area contributed by atoms with Crippen LogP contribution in [0.15, 0.2) is 22.7 Å². The Bertz CT molecular complexity index is 403. The van der Waals surface area contributed by atoms with Crippen LogP contribution in [-0.4, -0.2) is 18.1 Å². The maximum atomic E-state index is 13.6. The highest BCUT2D eigenvalue weighted by molar-refractivity contribution is 9.10. The fraction of sp³-hybridized carbons (Fsp3) is 0.385. The van der Waals surface area contributed by atoms with E-state index in [9.17, 15) is 4.39 Å². The van der Waals surface area contributed by atoms with Crippen LogP contribution in [0.1, 0.15) is 18.5 Å². The van der Waals surface area contributed by atoms with Crippen LogP contribution in [0.5, 0.6) is 0 Å². The Hall–Kier alpha value is -0.500. The second-order valence-electron chi connectivity index (χ2n) is 3.60. The zero-order chi connectivity index (χ0) is 12.7. The molecule has 1 aromatic rings. The van der Waals surface area contributed by atoms with Gasteiger partial charge < -0.3 is 5.32 Å². The molecule has 4 heteroatoms. The first kappa shape index (κ1) is 14.6. The van der Waals surface area contributed by atoms with E-state index in [1.807, 2.05) is 13.0 Å². The second kappa shape index (κ2) is 7.75. The van der Waals surface area contributed by atoms with E-state index in [0.717, 1.165) is 22.5 Å². The van der Waals surface area contributed by atoms with Crippen molar-refractivity contribution in [2.75, 3.05) is 18.1 Å². The van der Waals surface area contributed by atoms with E-state index in [1.54, 1.807) is 17.8 Å². The zero-order valence-electron chi connectivity index (χ0n) is 9.67. The summed E-state index contributed by atoms with van der Waals surface area (Å²) >= 11 is 4.94. The molecule has 17 heavy (non-hydrogen) atoms. The number of hydrogen-bond donors (Lipinski definition) is 1. The monoisotopic (exact) mass is 315 g/mol. The molecule has 0 fully saturated rings. The van der Waals surface area contributed by atoms with Gasteiger partial charge in [0.25, 0.3) is 0 Å². The predicted octanol–water partition coefficient (Wildman–Crippen LogP) is 3.61. The van der Waals surface area contributed by atoms with E-state index in [0.29, 0.717) is 5.56 Å². The number of nitrogens with one attached hydrogen (secondary N) is 1. The van der Waals surface area contributed by atoms with Crippen LogP contribution >= 0.6 is 27.7 Å². The average Bonchev–Trinajstić information content (AvgIpc) is 2.28. The summed E-state index contributed by atoms with van der Waals surface area (Å²) in [5.41, 5.74) is 0.690. The standard InChI is InChI=1S/C13H15BrFNS/c1-3-7-17-8-6-16-10(2)12-5-4-11(14)9-13(12)15/h1,4-5,9-10,16H,6-8H2,2H3. The molecule has 1 nitrogen and oxygen atoms in total. The summed E-state index contributed by atoms with van der Waals surface area (Å²) in [6.45, 7) is 2.78. The van der Waals surface area contributed by atoms with Crippen molar-refractivity contribution >= 4 is 27.7 Å². The van der Waals surface area contributed by atoms with Crippen molar-refractivity contribution in [1.82, 2.24) is 5.32 Å². The molecule has 0 radical (unpaired) electrons. The maximum Gasteiger partial charge on any atom is 0.129 e. The molecule has 1 rings (SSSR count). The molecular weight excluding hydrogens is 301 g/mol. The number of rotatable bonds is 6. The fourth-order valence-corrected chi connectivity index (χ4v) is 2.30. The highest BCUT2D eigenvalue weighted by Crippen LogP contribution is 2.20. The van der Waals surface area contributed by atoms with Gasteiger partial charge in [-0.1, -0.05) is 27.9 Å². The molecule has 0 amide bonds. The van der Waals surface area contributed by atoms with Gasteiger partial charge in [-0.15, -0.1) is 18.2 Å². The molecule has 1 atom stereocenters. The van der Waals surface area contributed by atoms with Crippen molar-refractivity contribution in [2.24, 2.45) is 0 Å². The molecule has 0 bridgehead atoms. The lowest BCUT2D eigenvalue weighted by atomic mass is 10.1. The number of thioether (sulfide) groups is 1. The molecule has 0 aliphatic carbocycles. The van der Waals surface area contributed by atoms with Gasteiger partial charge in [-0.05, 0) is 19.1 Å². The van der Waals surface area contributed by atoms with Gasteiger partial charge >= 0.3 is 0 Å². The molecule has 1 N–H and O–H groups in total. The van der Waals surface area contributed by atoms with Crippen LogP contribution in [0.4, 0.5) is 4.39 Å². The van der Waals surface area contributed by atoms with Crippen molar-refractivity contribution in [3.63, 3.8) is 0 Å². The highest BCUT2D eigenvalue weighted by atomic mass is 79.9. The fourth-order valence-electron chi connectivity index (χ4n) is 1.44. The van der Waals surface area contributed by atoms with Crippen LogP contribution in [-0.2, 0) is 0 Å². The Kier molecular flexibility index (Phi) is 6.64. The summed E-state index contributed by atoms with van der Waals surface area (Å²) in [5, 5.41) is 3.27. The van der Waals surface area contributed by atoms with Crippen LogP contribution in [0, 0.1) is 18.2 Å². The predicted molar refractivity (Wildman–Crippen MR) is 76.7 cm³/mol. The molecule has 0 saturated heterocycles. The van der Waals surface area contributed by atoms with Gasteiger partial charge in [0, 0.05) is 28.4 Å². The summed E-state index contributed by atoms with van der Waals surface area (Å²) in [6, 6.07) is 5.14. The van der Waals surface area contributed by atoms with Gasteiger partial charge in [-0.2, -0.15) is 0 Å². The molecule has 1 unspecified atom stereocenters. The molecule has 92 valence electrons. The van der Waals surface area contributed by atoms with Crippen molar-refractivity contribution in [3.05, 3.63) is 34.1 Å². The molecular formula is C13H15BrFNS. The normalized spacial score (nSPS) is 12.1. The Morgan fingerprint density at radius 1 is 1.59 bits per heavy atom. The van der Waals surface area contributed by atoms with Crippen molar-refractivity contribution in [2.45, 2.75) is 13.0 Å². The van der Waals surface area contributed by atoms with E-state index in [2.05, 4.69) is 27.2 Å². The van der Waals surface area contributed by atoms with Crippen molar-refractivity contribution in [1.29, 1.82) is 0 Å². The SMILES string of the molecule is C#CCSCCNC(C)c1ccc(Br)cc1F. The quantitative estimate of drug-likeness (QED) is 0.636. The number of benzene rings is 1. The molecule has 0 heterocycles. The van der Waals surface area contributed by atoms with Gasteiger partial charge in [-0.25, -0.2) is 4.39 Å². The summed E-state index contributed by atoms with van der Waals surface area (Å²) in [7, 11) is 0. The van der Waals surface area contributed by atoms with E-state index in [4.69, 9.17) is 6.42 Å². The molecule has 0 aliphatic rings. The van der Waals surface area contributed by atoms with E-state index >= 15 is 0 Å². The van der Waals surface area contributed by atoms with Crippen molar-refractivity contribution < 1.29 is 4.39 Å². The number of hydrogen-bond acceptors (Lipinski definition) is 2. The third kappa shape index (κ3) is 5.12. The smallest absolute Gasteiger partial charge is 0.129 e. The van der Waals surface area contributed by atoms with E-state index in [1.165, 1.54) is 6.07 Å². The third-order valence-corrected chi connectivity index (χ3v) is 3.67. The molecule has 0 aromatic heterocycles. The first-order valence-electron chi connectivity index (χ1n) is 5.34. The van der Waals surface area contributed by atoms with Gasteiger partial charge in [0.05, 0.1) is 5.75 Å². The maximum absolute atomic E-state index is 13.6. The molecule has 0 saturated carbocycles. The van der Waals surface area contributed by atoms with Crippen molar-refractivity contribution in [3.8, 4) is 12.3 Å². The first-order valence-corrected chi connectivity index (χ1v) is 7.29. The van der Waals surface area contributed by atoms with Gasteiger partial charge in [0.2, 0.25) is 0 Å². The van der Waals surface area contributed by atoms with E-state index < -0.39 is 0 Å². The summed E-state index contributed by atoms with van der Waals surface area (Å²) in [5.74, 6) is 4.05.